The molecule has 0 saturated heterocycles. The summed E-state index contributed by atoms with van der Waals surface area (Å²) < 4.78 is 5.53. The molecule has 3 nitrogen and oxygen atoms in total. The van der Waals surface area contributed by atoms with E-state index in [-0.39, 0.29) is 0 Å². The molecule has 2 aromatic rings. The van der Waals surface area contributed by atoms with Gasteiger partial charge in [-0.2, -0.15) is 0 Å². The molecule has 0 radical (unpaired) electrons. The molecule has 92 valence electrons. The molecule has 2 heterocycles. The van der Waals surface area contributed by atoms with Gasteiger partial charge in [-0.25, -0.2) is 9.97 Å². The predicted octanol–water partition coefficient (Wildman–Crippen LogP) is 4.25. The molecule has 1 unspecified atom stereocenters. The molecule has 0 N–H and O–H groups in total. The first-order valence-electron chi connectivity index (χ1n) is 6.38. The Balaban J connectivity index is 2.54. The highest BCUT2D eigenvalue weighted by atomic mass is 16.3. The zero-order valence-electron chi connectivity index (χ0n) is 11.0. The fourth-order valence-electron chi connectivity index (χ4n) is 2.07. The lowest BCUT2D eigenvalue weighted by atomic mass is 10.0. The fourth-order valence-corrected chi connectivity index (χ4v) is 2.07. The Morgan fingerprint density at radius 1 is 1.24 bits per heavy atom. The van der Waals surface area contributed by atoms with Crippen LogP contribution in [0.5, 0.6) is 0 Å². The molecule has 0 fully saturated rings. The summed E-state index contributed by atoms with van der Waals surface area (Å²) in [5.41, 5.74) is 2.85. The zero-order chi connectivity index (χ0) is 12.4. The molecule has 0 aromatic carbocycles. The van der Waals surface area contributed by atoms with Gasteiger partial charge in [0.1, 0.15) is 11.3 Å². The van der Waals surface area contributed by atoms with Gasteiger partial charge in [-0.05, 0) is 6.42 Å². The third kappa shape index (κ3) is 2.33. The van der Waals surface area contributed by atoms with Crippen molar-refractivity contribution in [2.75, 3.05) is 0 Å². The summed E-state index contributed by atoms with van der Waals surface area (Å²) in [6, 6.07) is 1.92. The average molecular weight is 232 g/mol. The van der Waals surface area contributed by atoms with Crippen LogP contribution in [0.1, 0.15) is 63.9 Å². The van der Waals surface area contributed by atoms with E-state index in [0.717, 1.165) is 35.5 Å². The number of rotatable bonds is 4. The van der Waals surface area contributed by atoms with Crippen LogP contribution in [0.3, 0.4) is 0 Å². The van der Waals surface area contributed by atoms with E-state index in [1.54, 1.807) is 6.26 Å². The van der Waals surface area contributed by atoms with E-state index in [0.29, 0.717) is 11.8 Å². The Labute approximate surface area is 102 Å². The van der Waals surface area contributed by atoms with Gasteiger partial charge in [0, 0.05) is 17.9 Å². The fraction of sp³-hybridized carbons (Fsp3) is 0.571. The van der Waals surface area contributed by atoms with Crippen molar-refractivity contribution in [3.63, 3.8) is 0 Å². The maximum absolute atomic E-state index is 5.53. The van der Waals surface area contributed by atoms with E-state index < -0.39 is 0 Å². The Morgan fingerprint density at radius 3 is 2.65 bits per heavy atom. The normalized spacial score (nSPS) is 13.5. The number of aromatic nitrogens is 2. The van der Waals surface area contributed by atoms with E-state index in [1.165, 1.54) is 0 Å². The second-order valence-electron chi connectivity index (χ2n) is 4.95. The van der Waals surface area contributed by atoms with Crippen molar-refractivity contribution < 1.29 is 4.42 Å². The first-order valence-corrected chi connectivity index (χ1v) is 6.38. The van der Waals surface area contributed by atoms with E-state index in [4.69, 9.17) is 4.42 Å². The monoisotopic (exact) mass is 232 g/mol. The number of furan rings is 1. The van der Waals surface area contributed by atoms with Gasteiger partial charge in [-0.15, -0.1) is 0 Å². The quantitative estimate of drug-likeness (QED) is 0.791. The minimum absolute atomic E-state index is 0.349. The molecule has 3 heteroatoms. The van der Waals surface area contributed by atoms with Gasteiger partial charge in [-0.1, -0.05) is 34.1 Å². The van der Waals surface area contributed by atoms with Crippen LogP contribution in [0, 0.1) is 0 Å². The molecule has 0 amide bonds. The molecule has 0 aliphatic carbocycles. The van der Waals surface area contributed by atoms with Gasteiger partial charge >= 0.3 is 0 Å². The molecule has 0 aliphatic rings. The van der Waals surface area contributed by atoms with Crippen LogP contribution in [0.15, 0.2) is 16.7 Å². The van der Waals surface area contributed by atoms with Gasteiger partial charge in [0.05, 0.1) is 12.0 Å². The van der Waals surface area contributed by atoms with Crippen molar-refractivity contribution in [2.24, 2.45) is 0 Å². The smallest absolute Gasteiger partial charge is 0.174 e. The van der Waals surface area contributed by atoms with Crippen LogP contribution in [0.2, 0.25) is 0 Å². The van der Waals surface area contributed by atoms with Crippen LogP contribution in [-0.2, 0) is 0 Å². The largest absolute Gasteiger partial charge is 0.461 e. The number of fused-ring (bicyclic) bond motifs is 1. The van der Waals surface area contributed by atoms with Crippen LogP contribution >= 0.6 is 0 Å². The lowest BCUT2D eigenvalue weighted by Crippen LogP contribution is -2.04. The SMILES string of the molecule is CCCC(C)c1nc(C(C)C)nc2ccoc12. The molecule has 1 atom stereocenters. The molecule has 2 aromatic heterocycles. The molecule has 0 saturated carbocycles. The third-order valence-corrected chi connectivity index (χ3v) is 3.05. The molecule has 2 rings (SSSR count). The van der Waals surface area contributed by atoms with Gasteiger partial charge in [0.25, 0.3) is 0 Å². The second-order valence-corrected chi connectivity index (χ2v) is 4.95. The molecule has 0 aliphatic heterocycles. The van der Waals surface area contributed by atoms with Crippen molar-refractivity contribution >= 4 is 11.1 Å². The minimum atomic E-state index is 0.349. The van der Waals surface area contributed by atoms with E-state index in [1.807, 2.05) is 6.07 Å². The number of hydrogen-bond donors (Lipinski definition) is 0. The molecular weight excluding hydrogens is 212 g/mol. The summed E-state index contributed by atoms with van der Waals surface area (Å²) >= 11 is 0. The third-order valence-electron chi connectivity index (χ3n) is 3.05. The average Bonchev–Trinajstić information content (AvgIpc) is 2.75. The van der Waals surface area contributed by atoms with Crippen LogP contribution in [0.25, 0.3) is 11.1 Å². The highest BCUT2D eigenvalue weighted by Gasteiger charge is 2.17. The van der Waals surface area contributed by atoms with Crippen molar-refractivity contribution in [2.45, 2.75) is 52.4 Å². The standard InChI is InChI=1S/C14H20N2O/c1-5-6-10(4)12-13-11(7-8-17-13)15-14(16-12)9(2)3/h7-10H,5-6H2,1-4H3. The van der Waals surface area contributed by atoms with Crippen LogP contribution < -0.4 is 0 Å². The Kier molecular flexibility index (Phi) is 3.46. The minimum Gasteiger partial charge on any atom is -0.461 e. The molecule has 0 bridgehead atoms. The van der Waals surface area contributed by atoms with Gasteiger partial charge in [0.2, 0.25) is 0 Å². The van der Waals surface area contributed by atoms with E-state index in [9.17, 15) is 0 Å². The maximum Gasteiger partial charge on any atom is 0.174 e. The summed E-state index contributed by atoms with van der Waals surface area (Å²) in [7, 11) is 0. The first kappa shape index (κ1) is 12.1. The molecular formula is C14H20N2O. The van der Waals surface area contributed by atoms with Crippen molar-refractivity contribution in [3.8, 4) is 0 Å². The number of hydrogen-bond acceptors (Lipinski definition) is 3. The van der Waals surface area contributed by atoms with Crippen molar-refractivity contribution in [3.05, 3.63) is 23.8 Å². The Morgan fingerprint density at radius 2 is 2.00 bits per heavy atom. The summed E-state index contributed by atoms with van der Waals surface area (Å²) in [6.45, 7) is 8.64. The molecule has 0 spiro atoms. The zero-order valence-corrected chi connectivity index (χ0v) is 11.0. The lowest BCUT2D eigenvalue weighted by molar-refractivity contribution is 0.580. The Bertz CT molecular complexity index is 502. The van der Waals surface area contributed by atoms with Crippen molar-refractivity contribution in [1.82, 2.24) is 9.97 Å². The number of nitrogens with zero attached hydrogens (tertiary/aromatic N) is 2. The maximum atomic E-state index is 5.53. The topological polar surface area (TPSA) is 38.9 Å². The summed E-state index contributed by atoms with van der Waals surface area (Å²) in [5, 5.41) is 0. The first-order chi connectivity index (χ1) is 8.13. The summed E-state index contributed by atoms with van der Waals surface area (Å²) in [6.07, 6.45) is 3.99. The van der Waals surface area contributed by atoms with Gasteiger partial charge in [-0.3, -0.25) is 0 Å². The lowest BCUT2D eigenvalue weighted by Gasteiger charge is -2.12. The predicted molar refractivity (Wildman–Crippen MR) is 69.2 cm³/mol. The van der Waals surface area contributed by atoms with Crippen molar-refractivity contribution in [1.29, 1.82) is 0 Å². The van der Waals surface area contributed by atoms with Gasteiger partial charge in [0.15, 0.2) is 5.58 Å². The highest BCUT2D eigenvalue weighted by molar-refractivity contribution is 5.75. The second kappa shape index (κ2) is 4.86. The van der Waals surface area contributed by atoms with E-state index >= 15 is 0 Å². The summed E-state index contributed by atoms with van der Waals surface area (Å²) in [5.74, 6) is 1.69. The Hall–Kier alpha value is -1.38. The summed E-state index contributed by atoms with van der Waals surface area (Å²) in [4.78, 5) is 9.22. The van der Waals surface area contributed by atoms with E-state index in [2.05, 4.69) is 37.7 Å². The van der Waals surface area contributed by atoms with Gasteiger partial charge < -0.3 is 4.42 Å². The van der Waals surface area contributed by atoms with Crippen LogP contribution in [-0.4, -0.2) is 9.97 Å². The molecule has 17 heavy (non-hydrogen) atoms. The highest BCUT2D eigenvalue weighted by Crippen LogP contribution is 2.28. The van der Waals surface area contributed by atoms with Crippen LogP contribution in [0.4, 0.5) is 0 Å².